The Kier molecular flexibility index (Phi) is 3.04. The number of carbonyl (C=O) groups is 1. The minimum absolute atomic E-state index is 0.0715. The van der Waals surface area contributed by atoms with Crippen LogP contribution >= 0.6 is 22.9 Å². The van der Waals surface area contributed by atoms with Crippen molar-refractivity contribution in [3.8, 4) is 0 Å². The van der Waals surface area contributed by atoms with E-state index in [0.29, 0.717) is 6.54 Å². The zero-order chi connectivity index (χ0) is 14.6. The molecule has 2 atom stereocenters. The number of fused-ring (bicyclic) bond motifs is 2. The molecule has 2 unspecified atom stereocenters. The maximum Gasteiger partial charge on any atom is 0.225 e. The maximum atomic E-state index is 11.9. The molecule has 0 spiro atoms. The van der Waals surface area contributed by atoms with Gasteiger partial charge in [-0.15, -0.1) is 11.3 Å². The molecule has 0 aromatic carbocycles. The second-order valence-electron chi connectivity index (χ2n) is 5.65. The SMILES string of the molecule is Cc1cc2c(N3CCCC4C(=O)NCC43)nc(Cl)nc2s1. The van der Waals surface area contributed by atoms with Gasteiger partial charge < -0.3 is 10.2 Å². The van der Waals surface area contributed by atoms with Crippen LogP contribution in [0.25, 0.3) is 10.2 Å². The van der Waals surface area contributed by atoms with Crippen LogP contribution in [-0.4, -0.2) is 35.0 Å². The van der Waals surface area contributed by atoms with Crippen LogP contribution in [0.3, 0.4) is 0 Å². The molecule has 5 nitrogen and oxygen atoms in total. The average molecular weight is 323 g/mol. The van der Waals surface area contributed by atoms with Crippen molar-refractivity contribution in [3.05, 3.63) is 16.2 Å². The smallest absolute Gasteiger partial charge is 0.225 e. The van der Waals surface area contributed by atoms with E-state index in [0.717, 1.165) is 35.4 Å². The third-order valence-corrected chi connectivity index (χ3v) is 5.46. The van der Waals surface area contributed by atoms with Gasteiger partial charge in [0.1, 0.15) is 10.6 Å². The summed E-state index contributed by atoms with van der Waals surface area (Å²) in [5, 5.41) is 4.29. The number of rotatable bonds is 1. The highest BCUT2D eigenvalue weighted by molar-refractivity contribution is 7.18. The zero-order valence-electron chi connectivity index (χ0n) is 11.6. The van der Waals surface area contributed by atoms with Gasteiger partial charge in [-0.1, -0.05) is 0 Å². The van der Waals surface area contributed by atoms with Gasteiger partial charge in [-0.05, 0) is 37.4 Å². The molecule has 2 saturated heterocycles. The lowest BCUT2D eigenvalue weighted by Gasteiger charge is -2.37. The van der Waals surface area contributed by atoms with Crippen LogP contribution in [0.1, 0.15) is 17.7 Å². The van der Waals surface area contributed by atoms with Crippen LogP contribution in [0.4, 0.5) is 5.82 Å². The van der Waals surface area contributed by atoms with Gasteiger partial charge in [0.05, 0.1) is 17.3 Å². The summed E-state index contributed by atoms with van der Waals surface area (Å²) in [5.74, 6) is 1.12. The lowest BCUT2D eigenvalue weighted by Crippen LogP contribution is -2.46. The van der Waals surface area contributed by atoms with E-state index >= 15 is 0 Å². The Balaban J connectivity index is 1.83. The fourth-order valence-electron chi connectivity index (χ4n) is 3.43. The van der Waals surface area contributed by atoms with Crippen LogP contribution in [0, 0.1) is 12.8 Å². The molecule has 1 N–H and O–H groups in total. The van der Waals surface area contributed by atoms with Crippen LogP contribution in [0.2, 0.25) is 5.28 Å². The Labute approximate surface area is 131 Å². The number of halogens is 1. The largest absolute Gasteiger partial charge is 0.354 e. The molecule has 7 heteroatoms. The molecule has 2 aliphatic heterocycles. The van der Waals surface area contributed by atoms with E-state index in [1.807, 2.05) is 0 Å². The summed E-state index contributed by atoms with van der Waals surface area (Å²) in [5.41, 5.74) is 0. The average Bonchev–Trinajstić information content (AvgIpc) is 3.00. The Morgan fingerprint density at radius 3 is 3.19 bits per heavy atom. The quantitative estimate of drug-likeness (QED) is 0.819. The van der Waals surface area contributed by atoms with Crippen molar-refractivity contribution in [2.24, 2.45) is 5.92 Å². The van der Waals surface area contributed by atoms with Gasteiger partial charge in [0.15, 0.2) is 0 Å². The predicted molar refractivity (Wildman–Crippen MR) is 84.0 cm³/mol. The molecule has 2 aromatic rings. The van der Waals surface area contributed by atoms with Gasteiger partial charge in [0, 0.05) is 18.0 Å². The Bertz CT molecular complexity index is 731. The summed E-state index contributed by atoms with van der Waals surface area (Å²) in [6.07, 6.45) is 1.96. The molecule has 2 aliphatic rings. The van der Waals surface area contributed by atoms with E-state index < -0.39 is 0 Å². The fourth-order valence-corrected chi connectivity index (χ4v) is 4.52. The van der Waals surface area contributed by atoms with E-state index in [1.165, 1.54) is 4.88 Å². The zero-order valence-corrected chi connectivity index (χ0v) is 13.2. The number of piperidine rings is 1. The predicted octanol–water partition coefficient (Wildman–Crippen LogP) is 2.37. The van der Waals surface area contributed by atoms with E-state index in [9.17, 15) is 4.79 Å². The van der Waals surface area contributed by atoms with Crippen molar-refractivity contribution < 1.29 is 4.79 Å². The molecule has 1 amide bonds. The van der Waals surface area contributed by atoms with Gasteiger partial charge in [0.2, 0.25) is 11.2 Å². The Morgan fingerprint density at radius 2 is 2.33 bits per heavy atom. The molecule has 2 fully saturated rings. The highest BCUT2D eigenvalue weighted by atomic mass is 35.5. The molecule has 0 radical (unpaired) electrons. The van der Waals surface area contributed by atoms with E-state index in [2.05, 4.69) is 33.2 Å². The highest BCUT2D eigenvalue weighted by Crippen LogP contribution is 2.37. The minimum atomic E-state index is 0.0715. The lowest BCUT2D eigenvalue weighted by atomic mass is 9.91. The molecule has 2 aromatic heterocycles. The topological polar surface area (TPSA) is 58.1 Å². The van der Waals surface area contributed by atoms with E-state index in [4.69, 9.17) is 11.6 Å². The van der Waals surface area contributed by atoms with Crippen LogP contribution in [-0.2, 0) is 4.79 Å². The minimum Gasteiger partial charge on any atom is -0.354 e. The summed E-state index contributed by atoms with van der Waals surface area (Å²) in [6.45, 7) is 3.66. The molecule has 0 aliphatic carbocycles. The van der Waals surface area contributed by atoms with E-state index in [-0.39, 0.29) is 23.2 Å². The number of aryl methyl sites for hydroxylation is 1. The fraction of sp³-hybridized carbons (Fsp3) is 0.500. The van der Waals surface area contributed by atoms with Gasteiger partial charge in [-0.3, -0.25) is 4.79 Å². The van der Waals surface area contributed by atoms with Crippen LogP contribution in [0.5, 0.6) is 0 Å². The number of hydrogen-bond acceptors (Lipinski definition) is 5. The Hall–Kier alpha value is -1.40. The molecule has 110 valence electrons. The first-order valence-corrected chi connectivity index (χ1v) is 8.31. The third-order valence-electron chi connectivity index (χ3n) is 4.34. The third kappa shape index (κ3) is 2.08. The van der Waals surface area contributed by atoms with Crippen molar-refractivity contribution in [1.29, 1.82) is 0 Å². The Morgan fingerprint density at radius 1 is 1.48 bits per heavy atom. The summed E-state index contributed by atoms with van der Waals surface area (Å²) in [6, 6.07) is 2.29. The molecule has 21 heavy (non-hydrogen) atoms. The summed E-state index contributed by atoms with van der Waals surface area (Å²) in [7, 11) is 0. The van der Waals surface area contributed by atoms with Crippen molar-refractivity contribution in [2.45, 2.75) is 25.8 Å². The first kappa shape index (κ1) is 13.3. The maximum absolute atomic E-state index is 11.9. The van der Waals surface area contributed by atoms with Crippen LogP contribution in [0.15, 0.2) is 6.07 Å². The number of carbonyl (C=O) groups excluding carboxylic acids is 1. The van der Waals surface area contributed by atoms with Crippen molar-refractivity contribution >= 4 is 44.9 Å². The summed E-state index contributed by atoms with van der Waals surface area (Å²) in [4.78, 5) is 25.1. The summed E-state index contributed by atoms with van der Waals surface area (Å²) < 4.78 is 0. The first-order valence-electron chi connectivity index (χ1n) is 7.11. The molecule has 0 saturated carbocycles. The van der Waals surface area contributed by atoms with Crippen LogP contribution < -0.4 is 10.2 Å². The standard InChI is InChI=1S/C14H15ClN4OS/c1-7-5-9-11(17-14(15)18-13(9)21-7)19-4-2-3-8-10(19)6-16-12(8)20/h5,8,10H,2-4,6H2,1H3,(H,16,20). The van der Waals surface area contributed by atoms with Gasteiger partial charge >= 0.3 is 0 Å². The number of thiophene rings is 1. The van der Waals surface area contributed by atoms with Crippen molar-refractivity contribution in [3.63, 3.8) is 0 Å². The lowest BCUT2D eigenvalue weighted by molar-refractivity contribution is -0.122. The number of aromatic nitrogens is 2. The normalized spacial score (nSPS) is 25.2. The number of hydrogen-bond donors (Lipinski definition) is 1. The molecule has 0 bridgehead atoms. The van der Waals surface area contributed by atoms with E-state index in [1.54, 1.807) is 11.3 Å². The number of nitrogens with zero attached hydrogens (tertiary/aromatic N) is 3. The molecular weight excluding hydrogens is 308 g/mol. The number of anilines is 1. The molecule has 4 rings (SSSR count). The number of amides is 1. The number of nitrogens with one attached hydrogen (secondary N) is 1. The second-order valence-corrected chi connectivity index (χ2v) is 7.22. The van der Waals surface area contributed by atoms with Crippen molar-refractivity contribution in [1.82, 2.24) is 15.3 Å². The van der Waals surface area contributed by atoms with Gasteiger partial charge in [-0.25, -0.2) is 4.98 Å². The summed E-state index contributed by atoms with van der Waals surface area (Å²) >= 11 is 7.72. The molecular formula is C14H15ClN4OS. The monoisotopic (exact) mass is 322 g/mol. The van der Waals surface area contributed by atoms with Crippen molar-refractivity contribution in [2.75, 3.05) is 18.0 Å². The molecule has 4 heterocycles. The highest BCUT2D eigenvalue weighted by Gasteiger charge is 2.41. The first-order chi connectivity index (χ1) is 10.1. The second kappa shape index (κ2) is 4.81. The van der Waals surface area contributed by atoms with Gasteiger partial charge in [-0.2, -0.15) is 4.98 Å². The van der Waals surface area contributed by atoms with Gasteiger partial charge in [0.25, 0.3) is 0 Å².